The second-order valence-electron chi connectivity index (χ2n) is 5.84. The molecule has 0 aliphatic carbocycles. The van der Waals surface area contributed by atoms with Gasteiger partial charge in [-0.3, -0.25) is 4.90 Å². The molecule has 0 aromatic heterocycles. The van der Waals surface area contributed by atoms with Crippen LogP contribution in [0.15, 0.2) is 24.3 Å². The molecule has 1 aromatic rings. The molecule has 2 saturated heterocycles. The number of hydrogen-bond acceptors (Lipinski definition) is 3. The molecular formula is C15H21ClN4O. The molecule has 0 saturated carbocycles. The fraction of sp³-hybridized carbons (Fsp3) is 0.533. The molecule has 6 heteroatoms. The molecule has 0 spiro atoms. The van der Waals surface area contributed by atoms with E-state index < -0.39 is 0 Å². The van der Waals surface area contributed by atoms with Crippen LogP contribution in [-0.4, -0.2) is 73.1 Å². The van der Waals surface area contributed by atoms with Gasteiger partial charge in [-0.1, -0.05) is 17.7 Å². The SMILES string of the molecule is CN1CCN(C2CN(C(=O)Nc3cccc(Cl)c3)C2)CC1. The first-order valence-corrected chi connectivity index (χ1v) is 7.74. The predicted molar refractivity (Wildman–Crippen MR) is 84.9 cm³/mol. The standard InChI is InChI=1S/C15H21ClN4O/c1-18-5-7-19(8-6-18)14-10-20(11-14)15(21)17-13-4-2-3-12(16)9-13/h2-4,9,14H,5-8,10-11H2,1H3,(H,17,21). The Morgan fingerprint density at radius 1 is 1.24 bits per heavy atom. The average Bonchev–Trinajstić information content (AvgIpc) is 2.39. The number of amides is 2. The summed E-state index contributed by atoms with van der Waals surface area (Å²) in [5.41, 5.74) is 0.746. The van der Waals surface area contributed by atoms with Crippen molar-refractivity contribution in [3.63, 3.8) is 0 Å². The molecule has 0 radical (unpaired) electrons. The van der Waals surface area contributed by atoms with Crippen LogP contribution in [0.2, 0.25) is 5.02 Å². The Labute approximate surface area is 130 Å². The highest BCUT2D eigenvalue weighted by atomic mass is 35.5. The Bertz CT molecular complexity index is 510. The maximum atomic E-state index is 12.1. The number of carbonyl (C=O) groups excluding carboxylic acids is 1. The van der Waals surface area contributed by atoms with Gasteiger partial charge in [0.1, 0.15) is 0 Å². The Balaban J connectivity index is 1.46. The van der Waals surface area contributed by atoms with Crippen LogP contribution < -0.4 is 5.32 Å². The number of halogens is 1. The highest BCUT2D eigenvalue weighted by Crippen LogP contribution is 2.19. The van der Waals surface area contributed by atoms with Gasteiger partial charge in [-0.15, -0.1) is 0 Å². The topological polar surface area (TPSA) is 38.8 Å². The summed E-state index contributed by atoms with van der Waals surface area (Å²) in [5, 5.41) is 3.52. The lowest BCUT2D eigenvalue weighted by Gasteiger charge is -2.47. The van der Waals surface area contributed by atoms with Crippen LogP contribution in [-0.2, 0) is 0 Å². The van der Waals surface area contributed by atoms with Crippen LogP contribution >= 0.6 is 11.6 Å². The summed E-state index contributed by atoms with van der Waals surface area (Å²) in [6.07, 6.45) is 0. The molecule has 114 valence electrons. The number of likely N-dealkylation sites (tertiary alicyclic amines) is 1. The summed E-state index contributed by atoms with van der Waals surface area (Å²) < 4.78 is 0. The molecule has 2 heterocycles. The lowest BCUT2D eigenvalue weighted by Crippen LogP contribution is -2.64. The van der Waals surface area contributed by atoms with E-state index in [0.717, 1.165) is 45.0 Å². The van der Waals surface area contributed by atoms with E-state index in [4.69, 9.17) is 11.6 Å². The van der Waals surface area contributed by atoms with Gasteiger partial charge in [0.15, 0.2) is 0 Å². The van der Waals surface area contributed by atoms with E-state index in [0.29, 0.717) is 11.1 Å². The lowest BCUT2D eigenvalue weighted by atomic mass is 10.1. The van der Waals surface area contributed by atoms with Crippen LogP contribution in [0, 0.1) is 0 Å². The van der Waals surface area contributed by atoms with E-state index in [1.807, 2.05) is 17.0 Å². The third-order valence-corrected chi connectivity index (χ3v) is 4.51. The van der Waals surface area contributed by atoms with Gasteiger partial charge in [-0.05, 0) is 25.2 Å². The number of piperazine rings is 1. The van der Waals surface area contributed by atoms with Gasteiger partial charge in [-0.25, -0.2) is 4.79 Å². The first-order chi connectivity index (χ1) is 10.1. The first-order valence-electron chi connectivity index (χ1n) is 7.36. The van der Waals surface area contributed by atoms with Crippen LogP contribution in [0.3, 0.4) is 0 Å². The molecule has 1 N–H and O–H groups in total. The molecular weight excluding hydrogens is 288 g/mol. The zero-order valence-electron chi connectivity index (χ0n) is 12.3. The maximum Gasteiger partial charge on any atom is 0.321 e. The molecule has 0 bridgehead atoms. The van der Waals surface area contributed by atoms with E-state index in [-0.39, 0.29) is 6.03 Å². The third-order valence-electron chi connectivity index (χ3n) is 4.28. The fourth-order valence-electron chi connectivity index (χ4n) is 2.81. The summed E-state index contributed by atoms with van der Waals surface area (Å²) in [7, 11) is 2.16. The predicted octanol–water partition coefficient (Wildman–Crippen LogP) is 1.80. The summed E-state index contributed by atoms with van der Waals surface area (Å²) in [6, 6.07) is 7.72. The number of urea groups is 1. The number of nitrogens with zero attached hydrogens (tertiary/aromatic N) is 3. The molecule has 5 nitrogen and oxygen atoms in total. The second-order valence-corrected chi connectivity index (χ2v) is 6.27. The zero-order valence-corrected chi connectivity index (χ0v) is 13.0. The van der Waals surface area contributed by atoms with Gasteiger partial charge >= 0.3 is 6.03 Å². The molecule has 1 aromatic carbocycles. The van der Waals surface area contributed by atoms with Crippen LogP contribution in [0.4, 0.5) is 10.5 Å². The molecule has 2 amide bonds. The van der Waals surface area contributed by atoms with Crippen molar-refractivity contribution in [2.24, 2.45) is 0 Å². The Kier molecular flexibility index (Phi) is 4.33. The summed E-state index contributed by atoms with van der Waals surface area (Å²) in [4.78, 5) is 18.8. The van der Waals surface area contributed by atoms with Gasteiger partial charge < -0.3 is 15.1 Å². The molecule has 0 unspecified atom stereocenters. The van der Waals surface area contributed by atoms with E-state index in [9.17, 15) is 4.79 Å². The number of hydrogen-bond donors (Lipinski definition) is 1. The smallest absolute Gasteiger partial charge is 0.321 e. The molecule has 2 aliphatic rings. The second kappa shape index (κ2) is 6.22. The fourth-order valence-corrected chi connectivity index (χ4v) is 3.00. The van der Waals surface area contributed by atoms with Crippen molar-refractivity contribution >= 4 is 23.3 Å². The Morgan fingerprint density at radius 2 is 1.95 bits per heavy atom. The largest absolute Gasteiger partial charge is 0.321 e. The molecule has 21 heavy (non-hydrogen) atoms. The molecule has 2 fully saturated rings. The summed E-state index contributed by atoms with van der Waals surface area (Å²) in [6.45, 7) is 6.07. The van der Waals surface area contributed by atoms with Gasteiger partial charge in [-0.2, -0.15) is 0 Å². The normalized spacial score (nSPS) is 21.1. The molecule has 2 aliphatic heterocycles. The van der Waals surface area contributed by atoms with E-state index in [2.05, 4.69) is 22.2 Å². The van der Waals surface area contributed by atoms with Crippen molar-refractivity contribution in [2.75, 3.05) is 51.6 Å². The van der Waals surface area contributed by atoms with Crippen molar-refractivity contribution < 1.29 is 4.79 Å². The number of nitrogens with one attached hydrogen (secondary N) is 1. The van der Waals surface area contributed by atoms with Crippen molar-refractivity contribution in [1.29, 1.82) is 0 Å². The van der Waals surface area contributed by atoms with Gasteiger partial charge in [0.2, 0.25) is 0 Å². The van der Waals surface area contributed by atoms with Gasteiger partial charge in [0, 0.05) is 56.0 Å². The van der Waals surface area contributed by atoms with Crippen LogP contribution in [0.25, 0.3) is 0 Å². The highest BCUT2D eigenvalue weighted by Gasteiger charge is 2.35. The molecule has 3 rings (SSSR count). The number of benzene rings is 1. The minimum absolute atomic E-state index is 0.0392. The first kappa shape index (κ1) is 14.6. The van der Waals surface area contributed by atoms with Crippen molar-refractivity contribution in [3.05, 3.63) is 29.3 Å². The van der Waals surface area contributed by atoms with Crippen molar-refractivity contribution in [1.82, 2.24) is 14.7 Å². The van der Waals surface area contributed by atoms with E-state index >= 15 is 0 Å². The monoisotopic (exact) mass is 308 g/mol. The van der Waals surface area contributed by atoms with E-state index in [1.54, 1.807) is 12.1 Å². The summed E-state index contributed by atoms with van der Waals surface area (Å²) >= 11 is 5.92. The van der Waals surface area contributed by atoms with E-state index in [1.165, 1.54) is 0 Å². The summed E-state index contributed by atoms with van der Waals surface area (Å²) in [5.74, 6) is 0. The zero-order chi connectivity index (χ0) is 14.8. The lowest BCUT2D eigenvalue weighted by molar-refractivity contribution is 0.0318. The average molecular weight is 309 g/mol. The minimum atomic E-state index is -0.0392. The Morgan fingerprint density at radius 3 is 2.62 bits per heavy atom. The third kappa shape index (κ3) is 3.48. The molecule has 0 atom stereocenters. The number of likely N-dealkylation sites (N-methyl/N-ethyl adjacent to an activating group) is 1. The minimum Gasteiger partial charge on any atom is -0.321 e. The Hall–Kier alpha value is -1.30. The quantitative estimate of drug-likeness (QED) is 0.905. The maximum absolute atomic E-state index is 12.1. The van der Waals surface area contributed by atoms with Crippen LogP contribution in [0.1, 0.15) is 0 Å². The van der Waals surface area contributed by atoms with Gasteiger partial charge in [0.25, 0.3) is 0 Å². The number of rotatable bonds is 2. The number of anilines is 1. The van der Waals surface area contributed by atoms with Crippen LogP contribution in [0.5, 0.6) is 0 Å². The van der Waals surface area contributed by atoms with Crippen molar-refractivity contribution in [2.45, 2.75) is 6.04 Å². The highest BCUT2D eigenvalue weighted by molar-refractivity contribution is 6.30. The van der Waals surface area contributed by atoms with Crippen molar-refractivity contribution in [3.8, 4) is 0 Å². The van der Waals surface area contributed by atoms with Gasteiger partial charge in [0.05, 0.1) is 0 Å². The number of carbonyl (C=O) groups is 1.